The van der Waals surface area contributed by atoms with E-state index in [0.29, 0.717) is 0 Å². The molecule has 1 rings (SSSR count). The van der Waals surface area contributed by atoms with Crippen molar-refractivity contribution in [1.29, 1.82) is 0 Å². The summed E-state index contributed by atoms with van der Waals surface area (Å²) in [5.41, 5.74) is 5.43. The highest BCUT2D eigenvalue weighted by molar-refractivity contribution is 5.93. The number of nitrogens with zero attached hydrogens (tertiary/aromatic N) is 3. The summed E-state index contributed by atoms with van der Waals surface area (Å²) in [7, 11) is 0. The first kappa shape index (κ1) is 12.4. The van der Waals surface area contributed by atoms with E-state index >= 15 is 0 Å². The van der Waals surface area contributed by atoms with Gasteiger partial charge in [0, 0.05) is 25.5 Å². The summed E-state index contributed by atoms with van der Waals surface area (Å²) in [6, 6.07) is 0. The summed E-state index contributed by atoms with van der Waals surface area (Å²) >= 11 is 0. The zero-order chi connectivity index (χ0) is 12.0. The normalized spacial score (nSPS) is 10.5. The Hall–Kier alpha value is -1.63. The molecule has 0 saturated heterocycles. The summed E-state index contributed by atoms with van der Waals surface area (Å²) in [5.74, 6) is -0.536. The van der Waals surface area contributed by atoms with Gasteiger partial charge < -0.3 is 10.6 Å². The molecule has 0 atom stereocenters. The van der Waals surface area contributed by atoms with Crippen LogP contribution in [0, 0.1) is 0 Å². The van der Waals surface area contributed by atoms with Crippen LogP contribution < -0.4 is 5.73 Å². The van der Waals surface area contributed by atoms with Crippen LogP contribution in [0.5, 0.6) is 0 Å². The number of alkyl halides is 2. The fraction of sp³-hybridized carbons (Fsp3) is 0.444. The van der Waals surface area contributed by atoms with Crippen LogP contribution in [0.15, 0.2) is 18.7 Å². The van der Waals surface area contributed by atoms with Crippen LogP contribution >= 0.6 is 0 Å². The third-order valence-electron chi connectivity index (χ3n) is 1.85. The summed E-state index contributed by atoms with van der Waals surface area (Å²) < 4.78 is 24.4. The maximum atomic E-state index is 12.2. The maximum absolute atomic E-state index is 12.2. The summed E-state index contributed by atoms with van der Waals surface area (Å²) in [6.45, 7) is -0.421. The van der Waals surface area contributed by atoms with Gasteiger partial charge in [-0.25, -0.2) is 18.7 Å². The van der Waals surface area contributed by atoms with Crippen molar-refractivity contribution < 1.29 is 13.6 Å². The molecule has 5 nitrogen and oxygen atoms in total. The molecule has 1 aromatic rings. The van der Waals surface area contributed by atoms with Crippen LogP contribution in [0.25, 0.3) is 0 Å². The highest BCUT2D eigenvalue weighted by Crippen LogP contribution is 2.04. The number of aromatic nitrogens is 2. The number of rotatable bonds is 5. The van der Waals surface area contributed by atoms with Crippen LogP contribution in [-0.2, 0) is 0 Å². The van der Waals surface area contributed by atoms with Gasteiger partial charge in [0.05, 0.1) is 12.1 Å². The Morgan fingerprint density at radius 3 is 2.56 bits per heavy atom. The minimum Gasteiger partial charge on any atom is -0.332 e. The highest BCUT2D eigenvalue weighted by Gasteiger charge is 2.19. The average Bonchev–Trinajstić information content (AvgIpc) is 2.28. The van der Waals surface area contributed by atoms with Crippen molar-refractivity contribution in [1.82, 2.24) is 14.9 Å². The molecule has 0 bridgehead atoms. The van der Waals surface area contributed by atoms with Gasteiger partial charge in [-0.2, -0.15) is 0 Å². The molecule has 0 saturated carbocycles. The lowest BCUT2D eigenvalue weighted by molar-refractivity contribution is 0.0562. The Bertz CT molecular complexity index is 334. The van der Waals surface area contributed by atoms with Gasteiger partial charge in [0.1, 0.15) is 6.33 Å². The predicted molar refractivity (Wildman–Crippen MR) is 53.0 cm³/mol. The third-order valence-corrected chi connectivity index (χ3v) is 1.85. The number of hydrogen-bond donors (Lipinski definition) is 1. The predicted octanol–water partition coefficient (Wildman–Crippen LogP) is 0.143. The molecule has 1 heterocycles. The van der Waals surface area contributed by atoms with Gasteiger partial charge in [0.25, 0.3) is 12.3 Å². The molecule has 7 heteroatoms. The number of halogens is 2. The number of nitrogens with two attached hydrogens (primary N) is 1. The van der Waals surface area contributed by atoms with Crippen molar-refractivity contribution in [3.8, 4) is 0 Å². The molecule has 0 unspecified atom stereocenters. The van der Waals surface area contributed by atoms with Gasteiger partial charge in [-0.3, -0.25) is 4.79 Å². The molecule has 0 fully saturated rings. The fourth-order valence-electron chi connectivity index (χ4n) is 1.19. The molecule has 1 amide bonds. The van der Waals surface area contributed by atoms with E-state index in [1.807, 2.05) is 0 Å². The number of hydrogen-bond acceptors (Lipinski definition) is 4. The van der Waals surface area contributed by atoms with Crippen LogP contribution in [0.1, 0.15) is 10.4 Å². The van der Waals surface area contributed by atoms with Gasteiger partial charge in [0.2, 0.25) is 0 Å². The maximum Gasteiger partial charge on any atom is 0.257 e. The minimum absolute atomic E-state index is 0.0814. The molecule has 0 aliphatic carbocycles. The largest absolute Gasteiger partial charge is 0.332 e. The Balaban J connectivity index is 2.74. The summed E-state index contributed by atoms with van der Waals surface area (Å²) in [6.07, 6.45) is 1.24. The lowest BCUT2D eigenvalue weighted by Crippen LogP contribution is -2.38. The summed E-state index contributed by atoms with van der Waals surface area (Å²) in [4.78, 5) is 20.0. The van der Waals surface area contributed by atoms with Crippen molar-refractivity contribution in [2.24, 2.45) is 5.73 Å². The number of carbonyl (C=O) groups excluding carboxylic acids is 1. The smallest absolute Gasteiger partial charge is 0.257 e. The van der Waals surface area contributed by atoms with Gasteiger partial charge in [0.15, 0.2) is 0 Å². The molecule has 2 N–H and O–H groups in total. The van der Waals surface area contributed by atoms with E-state index in [4.69, 9.17) is 5.73 Å². The minimum atomic E-state index is -2.58. The Labute approximate surface area is 91.3 Å². The van der Waals surface area contributed by atoms with Crippen LogP contribution in [-0.4, -0.2) is 46.8 Å². The zero-order valence-corrected chi connectivity index (χ0v) is 8.51. The highest BCUT2D eigenvalue weighted by atomic mass is 19.3. The topological polar surface area (TPSA) is 72.1 Å². The van der Waals surface area contributed by atoms with E-state index in [9.17, 15) is 13.6 Å². The molecule has 16 heavy (non-hydrogen) atoms. The first-order valence-electron chi connectivity index (χ1n) is 4.67. The van der Waals surface area contributed by atoms with Crippen molar-refractivity contribution in [2.75, 3.05) is 19.6 Å². The summed E-state index contributed by atoms with van der Waals surface area (Å²) in [5, 5.41) is 0. The quantitative estimate of drug-likeness (QED) is 0.781. The monoisotopic (exact) mass is 230 g/mol. The van der Waals surface area contributed by atoms with E-state index in [1.54, 1.807) is 0 Å². The molecule has 88 valence electrons. The van der Waals surface area contributed by atoms with E-state index in [2.05, 4.69) is 9.97 Å². The average molecular weight is 230 g/mol. The molecule has 1 aromatic heterocycles. The molecule has 0 radical (unpaired) electrons. The number of amides is 1. The van der Waals surface area contributed by atoms with Gasteiger partial charge >= 0.3 is 0 Å². The Kier molecular flexibility index (Phi) is 4.71. The van der Waals surface area contributed by atoms with E-state index in [1.165, 1.54) is 18.7 Å². The zero-order valence-electron chi connectivity index (χ0n) is 8.51. The van der Waals surface area contributed by atoms with Crippen LogP contribution in [0.3, 0.4) is 0 Å². The van der Waals surface area contributed by atoms with Crippen molar-refractivity contribution in [3.05, 3.63) is 24.3 Å². The van der Waals surface area contributed by atoms with Crippen molar-refractivity contribution in [3.63, 3.8) is 0 Å². The SMILES string of the molecule is NCCN(CC(F)F)C(=O)c1cncnc1. The van der Waals surface area contributed by atoms with Gasteiger partial charge in [-0.1, -0.05) is 0 Å². The second-order valence-corrected chi connectivity index (χ2v) is 3.06. The molecule has 0 aliphatic rings. The molecular formula is C9H12F2N4O. The van der Waals surface area contributed by atoms with Crippen LogP contribution in [0.2, 0.25) is 0 Å². The van der Waals surface area contributed by atoms with Crippen LogP contribution in [0.4, 0.5) is 8.78 Å². The lowest BCUT2D eigenvalue weighted by Gasteiger charge is -2.21. The first-order valence-corrected chi connectivity index (χ1v) is 4.67. The third kappa shape index (κ3) is 3.50. The van der Waals surface area contributed by atoms with E-state index < -0.39 is 18.9 Å². The second kappa shape index (κ2) is 6.06. The number of carbonyl (C=O) groups is 1. The van der Waals surface area contributed by atoms with Gasteiger partial charge in [-0.15, -0.1) is 0 Å². The van der Waals surface area contributed by atoms with Crippen molar-refractivity contribution >= 4 is 5.91 Å². The second-order valence-electron chi connectivity index (χ2n) is 3.06. The van der Waals surface area contributed by atoms with Gasteiger partial charge in [-0.05, 0) is 0 Å². The van der Waals surface area contributed by atoms with Crippen molar-refractivity contribution in [2.45, 2.75) is 6.43 Å². The van der Waals surface area contributed by atoms with E-state index in [0.717, 1.165) is 4.90 Å². The standard InChI is InChI=1S/C9H12F2N4O/c10-8(11)5-15(2-1-12)9(16)7-3-13-6-14-4-7/h3-4,6,8H,1-2,5,12H2. The molecule has 0 spiro atoms. The first-order chi connectivity index (χ1) is 7.65. The lowest BCUT2D eigenvalue weighted by atomic mass is 10.3. The molecular weight excluding hydrogens is 218 g/mol. The van der Waals surface area contributed by atoms with E-state index in [-0.39, 0.29) is 18.7 Å². The Morgan fingerprint density at radius 2 is 2.06 bits per heavy atom. The Morgan fingerprint density at radius 1 is 1.44 bits per heavy atom. The molecule has 0 aromatic carbocycles. The fourth-order valence-corrected chi connectivity index (χ4v) is 1.19. The molecule has 0 aliphatic heterocycles.